The molecule has 1 aliphatic carbocycles. The standard InChI is InChI=1S/C70H67BN2OS2/c1-66(2,3)41-23-27-44(28-24-41)73-56-39-60-48(49-37-53-54(38-59(49)75-60)70(12,13)32-31-69(53,10)11)35-47(56)50-36-51-45-21-17-18-22-57(45)74-64(51)63-61(50)71(73)65-62(52-34-43(68(7,8)9)26-30-58(52)76-65)72(63)55-29-25-42(67(4,5)6)33-46(55)40-19-15-14-16-20-40/h14-30,33-39H,31-32H2,1-13H3. The fraction of sp³-hybridized carbons (Fsp3) is 0.286. The lowest BCUT2D eigenvalue weighted by Gasteiger charge is -2.45. The summed E-state index contributed by atoms with van der Waals surface area (Å²) in [5, 5.41) is 6.25. The number of hydrogen-bond acceptors (Lipinski definition) is 5. The Morgan fingerprint density at radius 2 is 1.08 bits per heavy atom. The van der Waals surface area contributed by atoms with Gasteiger partial charge < -0.3 is 14.1 Å². The van der Waals surface area contributed by atoms with Gasteiger partial charge in [-0.3, -0.25) is 0 Å². The van der Waals surface area contributed by atoms with Crippen LogP contribution in [-0.4, -0.2) is 6.85 Å². The minimum absolute atomic E-state index is 0.00425. The van der Waals surface area contributed by atoms with Gasteiger partial charge in [-0.1, -0.05) is 163 Å². The average molecular weight is 1030 g/mol. The molecular weight excluding hydrogens is 960 g/mol. The van der Waals surface area contributed by atoms with Crippen molar-refractivity contribution in [3.8, 4) is 22.3 Å². The van der Waals surface area contributed by atoms with Gasteiger partial charge in [0.15, 0.2) is 5.58 Å². The van der Waals surface area contributed by atoms with Gasteiger partial charge in [0.2, 0.25) is 0 Å². The fourth-order valence-electron chi connectivity index (χ4n) is 13.2. The Bertz CT molecular complexity index is 4240. The van der Waals surface area contributed by atoms with E-state index in [4.69, 9.17) is 4.42 Å². The summed E-state index contributed by atoms with van der Waals surface area (Å²) in [5.41, 5.74) is 21.1. The molecule has 14 rings (SSSR count). The van der Waals surface area contributed by atoms with Crippen LogP contribution in [0.2, 0.25) is 0 Å². The van der Waals surface area contributed by atoms with Gasteiger partial charge in [-0.2, -0.15) is 0 Å². The minimum Gasteiger partial charge on any atom is -0.454 e. The van der Waals surface area contributed by atoms with E-state index >= 15 is 0 Å². The number of para-hydroxylation sites is 1. The first-order chi connectivity index (χ1) is 36.0. The number of thiophene rings is 2. The molecule has 0 N–H and O–H groups in total. The predicted molar refractivity (Wildman–Crippen MR) is 333 cm³/mol. The molecule has 0 spiro atoms. The summed E-state index contributed by atoms with van der Waals surface area (Å²) in [6, 6.07) is 56.7. The summed E-state index contributed by atoms with van der Waals surface area (Å²) in [5.74, 6) is 0. The van der Waals surface area contributed by atoms with Crippen molar-refractivity contribution < 1.29 is 4.42 Å². The number of hydrogen-bond donors (Lipinski definition) is 0. The Morgan fingerprint density at radius 1 is 0.474 bits per heavy atom. The molecule has 8 aromatic carbocycles. The van der Waals surface area contributed by atoms with Crippen molar-refractivity contribution in [3.05, 3.63) is 173 Å². The third-order valence-electron chi connectivity index (χ3n) is 17.8. The number of rotatable bonds is 3. The minimum atomic E-state index is -0.174. The molecule has 3 aromatic heterocycles. The summed E-state index contributed by atoms with van der Waals surface area (Å²) in [6.07, 6.45) is 2.38. The molecule has 76 heavy (non-hydrogen) atoms. The molecule has 0 fully saturated rings. The van der Waals surface area contributed by atoms with E-state index in [-0.39, 0.29) is 33.9 Å². The zero-order chi connectivity index (χ0) is 52.7. The van der Waals surface area contributed by atoms with Gasteiger partial charge in [-0.05, 0) is 157 Å². The van der Waals surface area contributed by atoms with Crippen LogP contribution in [0.15, 0.2) is 150 Å². The maximum Gasteiger partial charge on any atom is 0.343 e. The van der Waals surface area contributed by atoms with Crippen molar-refractivity contribution in [2.24, 2.45) is 0 Å². The van der Waals surface area contributed by atoms with Crippen LogP contribution in [-0.2, 0) is 27.1 Å². The number of furan rings is 1. The van der Waals surface area contributed by atoms with Crippen LogP contribution in [0.3, 0.4) is 0 Å². The predicted octanol–water partition coefficient (Wildman–Crippen LogP) is 19.8. The molecule has 3 nitrogen and oxygen atoms in total. The van der Waals surface area contributed by atoms with Gasteiger partial charge >= 0.3 is 6.85 Å². The Kier molecular flexibility index (Phi) is 10.1. The summed E-state index contributed by atoms with van der Waals surface area (Å²) in [7, 11) is 0. The third-order valence-corrected chi connectivity index (χ3v) is 20.1. The molecule has 378 valence electrons. The molecule has 0 bridgehead atoms. The van der Waals surface area contributed by atoms with Crippen LogP contribution in [0.1, 0.15) is 131 Å². The van der Waals surface area contributed by atoms with Crippen LogP contribution in [0, 0.1) is 0 Å². The van der Waals surface area contributed by atoms with Crippen molar-refractivity contribution >= 4 is 120 Å². The van der Waals surface area contributed by atoms with Crippen LogP contribution < -0.4 is 20.0 Å². The molecule has 0 saturated heterocycles. The first-order valence-electron chi connectivity index (χ1n) is 27.6. The van der Waals surface area contributed by atoms with Crippen LogP contribution in [0.5, 0.6) is 0 Å². The normalized spacial score (nSPS) is 16.0. The molecule has 0 amide bonds. The Balaban J connectivity index is 1.17. The molecular formula is C70H67BN2OS2. The highest BCUT2D eigenvalue weighted by atomic mass is 32.1. The second-order valence-electron chi connectivity index (χ2n) is 26.8. The first-order valence-corrected chi connectivity index (χ1v) is 29.2. The molecule has 11 aromatic rings. The Morgan fingerprint density at radius 3 is 1.79 bits per heavy atom. The van der Waals surface area contributed by atoms with E-state index in [0.29, 0.717) is 0 Å². The topological polar surface area (TPSA) is 19.6 Å². The van der Waals surface area contributed by atoms with E-state index in [2.05, 4.69) is 245 Å². The summed E-state index contributed by atoms with van der Waals surface area (Å²) < 4.78 is 12.7. The highest BCUT2D eigenvalue weighted by molar-refractivity contribution is 7.32. The summed E-state index contributed by atoms with van der Waals surface area (Å²) >= 11 is 3.94. The molecule has 5 heterocycles. The Labute approximate surface area is 457 Å². The number of anilines is 5. The zero-order valence-corrected chi connectivity index (χ0v) is 48.1. The highest BCUT2D eigenvalue weighted by Crippen LogP contribution is 2.57. The number of fused-ring (bicyclic) bond motifs is 14. The molecule has 6 heteroatoms. The third kappa shape index (κ3) is 7.04. The maximum atomic E-state index is 7.41. The first kappa shape index (κ1) is 47.8. The largest absolute Gasteiger partial charge is 0.454 e. The van der Waals surface area contributed by atoms with Gasteiger partial charge in [0.25, 0.3) is 0 Å². The maximum absolute atomic E-state index is 7.41. The van der Waals surface area contributed by atoms with Crippen molar-refractivity contribution in [2.75, 3.05) is 9.71 Å². The van der Waals surface area contributed by atoms with E-state index in [1.54, 1.807) is 0 Å². The quantitative estimate of drug-likeness (QED) is 0.164. The van der Waals surface area contributed by atoms with Gasteiger partial charge in [-0.15, -0.1) is 22.7 Å². The highest BCUT2D eigenvalue weighted by Gasteiger charge is 2.49. The van der Waals surface area contributed by atoms with E-state index in [1.807, 2.05) is 22.7 Å². The monoisotopic (exact) mass is 1030 g/mol. The van der Waals surface area contributed by atoms with Gasteiger partial charge in [0.1, 0.15) is 5.58 Å². The molecule has 3 aliphatic rings. The van der Waals surface area contributed by atoms with Crippen molar-refractivity contribution in [2.45, 2.75) is 130 Å². The van der Waals surface area contributed by atoms with E-state index < -0.39 is 0 Å². The lowest BCUT2D eigenvalue weighted by Crippen LogP contribution is -2.60. The SMILES string of the molecule is CC(C)(C)c1ccc(N2B3c4sc5ccc(C(C)(C)C)cc5c4N(c4ccc(C(C)(C)C)cc4-c4ccccc4)c4c3c(cc3c4oc4ccccc43)-c3cc4c(cc32)sc2cc3c(cc24)C(C)(C)CCC3(C)C)cc1. The van der Waals surface area contributed by atoms with Crippen molar-refractivity contribution in [1.29, 1.82) is 0 Å². The number of benzene rings is 8. The molecule has 0 radical (unpaired) electrons. The van der Waals surface area contributed by atoms with E-state index in [1.165, 1.54) is 120 Å². The van der Waals surface area contributed by atoms with E-state index in [0.717, 1.165) is 33.3 Å². The zero-order valence-electron chi connectivity index (χ0n) is 46.5. The Hall–Kier alpha value is -6.60. The van der Waals surface area contributed by atoms with Gasteiger partial charge in [0.05, 0.1) is 17.1 Å². The van der Waals surface area contributed by atoms with Crippen molar-refractivity contribution in [3.63, 3.8) is 0 Å². The molecule has 0 atom stereocenters. The molecule has 0 saturated carbocycles. The second-order valence-corrected chi connectivity index (χ2v) is 29.0. The lowest BCUT2D eigenvalue weighted by atomic mass is 9.46. The lowest BCUT2D eigenvalue weighted by molar-refractivity contribution is 0.332. The van der Waals surface area contributed by atoms with Crippen LogP contribution in [0.4, 0.5) is 28.4 Å². The molecule has 0 unspecified atom stereocenters. The summed E-state index contributed by atoms with van der Waals surface area (Å²) in [6.45, 7) is 30.6. The van der Waals surface area contributed by atoms with Gasteiger partial charge in [-0.25, -0.2) is 0 Å². The fourth-order valence-corrected chi connectivity index (χ4v) is 15.6. The van der Waals surface area contributed by atoms with Crippen molar-refractivity contribution in [1.82, 2.24) is 0 Å². The smallest absolute Gasteiger partial charge is 0.343 e. The summed E-state index contributed by atoms with van der Waals surface area (Å²) in [4.78, 5) is 5.39. The number of nitrogens with zero attached hydrogens (tertiary/aromatic N) is 2. The second kappa shape index (κ2) is 16.0. The van der Waals surface area contributed by atoms with Crippen LogP contribution >= 0.6 is 22.7 Å². The van der Waals surface area contributed by atoms with Gasteiger partial charge in [0, 0.05) is 68.3 Å². The van der Waals surface area contributed by atoms with Crippen LogP contribution in [0.25, 0.3) is 74.5 Å². The average Bonchev–Trinajstić information content (AvgIpc) is 4.26. The van der Waals surface area contributed by atoms with E-state index in [9.17, 15) is 0 Å². The molecule has 2 aliphatic heterocycles.